The highest BCUT2D eigenvalue weighted by atomic mass is 19.4. The SMILES string of the molecule is COC(=O)c1ncc(C(F)(F)F)c(F)c1OC(F)(F)F. The lowest BCUT2D eigenvalue weighted by molar-refractivity contribution is -0.276. The number of pyridine rings is 1. The van der Waals surface area contributed by atoms with E-state index in [2.05, 4.69) is 14.5 Å². The second-order valence-corrected chi connectivity index (χ2v) is 3.20. The number of nitrogens with zero attached hydrogens (tertiary/aromatic N) is 1. The molecule has 0 fully saturated rings. The van der Waals surface area contributed by atoms with E-state index in [0.29, 0.717) is 0 Å². The third-order valence-electron chi connectivity index (χ3n) is 1.88. The Labute approximate surface area is 106 Å². The number of carbonyl (C=O) groups excluding carboxylic acids is 1. The molecule has 0 amide bonds. The molecular formula is C9H4F7NO3. The molecule has 0 aromatic carbocycles. The molecule has 11 heteroatoms. The second-order valence-electron chi connectivity index (χ2n) is 3.20. The van der Waals surface area contributed by atoms with Gasteiger partial charge < -0.3 is 9.47 Å². The maximum absolute atomic E-state index is 13.5. The molecule has 1 heterocycles. The lowest BCUT2D eigenvalue weighted by atomic mass is 10.2. The third-order valence-corrected chi connectivity index (χ3v) is 1.88. The topological polar surface area (TPSA) is 48.4 Å². The Balaban J connectivity index is 3.50. The number of rotatable bonds is 2. The normalized spacial score (nSPS) is 12.2. The fourth-order valence-electron chi connectivity index (χ4n) is 1.12. The highest BCUT2D eigenvalue weighted by Crippen LogP contribution is 2.37. The minimum absolute atomic E-state index is 0.134. The van der Waals surface area contributed by atoms with Crippen LogP contribution >= 0.6 is 0 Å². The van der Waals surface area contributed by atoms with Gasteiger partial charge in [0.25, 0.3) is 0 Å². The Kier molecular flexibility index (Phi) is 4.10. The molecule has 0 unspecified atom stereocenters. The number of ether oxygens (including phenoxy) is 2. The van der Waals surface area contributed by atoms with E-state index in [1.165, 1.54) is 0 Å². The number of esters is 1. The molecule has 1 aromatic heterocycles. The van der Waals surface area contributed by atoms with Gasteiger partial charge in [0, 0.05) is 6.20 Å². The first-order chi connectivity index (χ1) is 8.97. The number of aromatic nitrogens is 1. The average molecular weight is 307 g/mol. The summed E-state index contributed by atoms with van der Waals surface area (Å²) < 4.78 is 93.7. The molecule has 0 radical (unpaired) electrons. The second kappa shape index (κ2) is 5.13. The first-order valence-electron chi connectivity index (χ1n) is 4.57. The van der Waals surface area contributed by atoms with Gasteiger partial charge in [-0.3, -0.25) is 0 Å². The minimum Gasteiger partial charge on any atom is -0.464 e. The molecule has 4 nitrogen and oxygen atoms in total. The van der Waals surface area contributed by atoms with E-state index in [1.54, 1.807) is 0 Å². The third kappa shape index (κ3) is 3.48. The van der Waals surface area contributed by atoms with Crippen molar-refractivity contribution in [3.05, 3.63) is 23.3 Å². The molecule has 0 aliphatic rings. The van der Waals surface area contributed by atoms with Crippen molar-refractivity contribution in [3.8, 4) is 5.75 Å². The van der Waals surface area contributed by atoms with Gasteiger partial charge in [0.2, 0.25) is 0 Å². The predicted octanol–water partition coefficient (Wildman–Crippen LogP) is 2.92. The van der Waals surface area contributed by atoms with Crippen molar-refractivity contribution in [2.45, 2.75) is 12.5 Å². The van der Waals surface area contributed by atoms with Crippen molar-refractivity contribution in [2.75, 3.05) is 7.11 Å². The standard InChI is InChI=1S/C9H4F7NO3/c1-19-7(18)5-6(20-9(14,15)16)4(10)3(2-17-5)8(11,12)13/h2H,1H3. The predicted molar refractivity (Wildman–Crippen MR) is 47.2 cm³/mol. The quantitative estimate of drug-likeness (QED) is 0.622. The number of halogens is 7. The fourth-order valence-corrected chi connectivity index (χ4v) is 1.12. The zero-order chi connectivity index (χ0) is 15.7. The zero-order valence-corrected chi connectivity index (χ0v) is 9.40. The molecule has 20 heavy (non-hydrogen) atoms. The highest BCUT2D eigenvalue weighted by Gasteiger charge is 2.41. The summed E-state index contributed by atoms with van der Waals surface area (Å²) in [6.45, 7) is 0. The fraction of sp³-hybridized carbons (Fsp3) is 0.333. The summed E-state index contributed by atoms with van der Waals surface area (Å²) in [7, 11) is 0.719. The minimum atomic E-state index is -5.52. The largest absolute Gasteiger partial charge is 0.573 e. The van der Waals surface area contributed by atoms with Crippen LogP contribution in [0.1, 0.15) is 16.1 Å². The van der Waals surface area contributed by atoms with Crippen LogP contribution < -0.4 is 4.74 Å². The number of alkyl halides is 6. The van der Waals surface area contributed by atoms with E-state index in [0.717, 1.165) is 7.11 Å². The Bertz CT molecular complexity index is 523. The molecular weight excluding hydrogens is 303 g/mol. The van der Waals surface area contributed by atoms with Gasteiger partial charge in [0.1, 0.15) is 5.56 Å². The maximum atomic E-state index is 13.5. The Morgan fingerprint density at radius 3 is 2.15 bits per heavy atom. The molecule has 0 saturated carbocycles. The summed E-state index contributed by atoms with van der Waals surface area (Å²) >= 11 is 0. The van der Waals surface area contributed by atoms with Crippen LogP contribution in [0.4, 0.5) is 30.7 Å². The smallest absolute Gasteiger partial charge is 0.464 e. The van der Waals surface area contributed by atoms with E-state index >= 15 is 0 Å². The summed E-state index contributed by atoms with van der Waals surface area (Å²) in [4.78, 5) is 13.9. The summed E-state index contributed by atoms with van der Waals surface area (Å²) in [5.74, 6) is -6.00. The summed E-state index contributed by atoms with van der Waals surface area (Å²) in [6.07, 6.45) is -11.0. The molecule has 0 aliphatic carbocycles. The Morgan fingerprint density at radius 1 is 1.20 bits per heavy atom. The number of hydrogen-bond donors (Lipinski definition) is 0. The first-order valence-corrected chi connectivity index (χ1v) is 4.57. The van der Waals surface area contributed by atoms with Crippen molar-refractivity contribution in [3.63, 3.8) is 0 Å². The highest BCUT2D eigenvalue weighted by molar-refractivity contribution is 5.90. The van der Waals surface area contributed by atoms with Crippen molar-refractivity contribution in [1.82, 2.24) is 4.98 Å². The van der Waals surface area contributed by atoms with E-state index < -0.39 is 41.3 Å². The van der Waals surface area contributed by atoms with Crippen LogP contribution in [0.2, 0.25) is 0 Å². The van der Waals surface area contributed by atoms with E-state index in [1.807, 2.05) is 0 Å². The molecule has 0 saturated heterocycles. The lowest BCUT2D eigenvalue weighted by Gasteiger charge is -2.15. The van der Waals surface area contributed by atoms with Crippen molar-refractivity contribution in [1.29, 1.82) is 0 Å². The number of hydrogen-bond acceptors (Lipinski definition) is 4. The summed E-state index contributed by atoms with van der Waals surface area (Å²) in [5.41, 5.74) is -3.47. The average Bonchev–Trinajstić information content (AvgIpc) is 2.27. The van der Waals surface area contributed by atoms with E-state index in [9.17, 15) is 35.5 Å². The van der Waals surface area contributed by atoms with Gasteiger partial charge in [0.05, 0.1) is 7.11 Å². The molecule has 112 valence electrons. The lowest BCUT2D eigenvalue weighted by Crippen LogP contribution is -2.23. The van der Waals surface area contributed by atoms with Crippen LogP contribution in [0.3, 0.4) is 0 Å². The maximum Gasteiger partial charge on any atom is 0.573 e. The van der Waals surface area contributed by atoms with Crippen LogP contribution in [-0.4, -0.2) is 24.4 Å². The van der Waals surface area contributed by atoms with Gasteiger partial charge in [-0.2, -0.15) is 13.2 Å². The molecule has 0 bridgehead atoms. The van der Waals surface area contributed by atoms with Crippen LogP contribution in [-0.2, 0) is 10.9 Å². The van der Waals surface area contributed by atoms with E-state index in [4.69, 9.17) is 0 Å². The molecule has 0 aliphatic heterocycles. The van der Waals surface area contributed by atoms with Crippen molar-refractivity contribution >= 4 is 5.97 Å². The van der Waals surface area contributed by atoms with Gasteiger partial charge in [-0.1, -0.05) is 0 Å². The van der Waals surface area contributed by atoms with Crippen LogP contribution in [0.25, 0.3) is 0 Å². The molecule has 0 N–H and O–H groups in total. The Hall–Kier alpha value is -2.07. The number of carbonyl (C=O) groups is 1. The van der Waals surface area contributed by atoms with Crippen LogP contribution in [0, 0.1) is 5.82 Å². The van der Waals surface area contributed by atoms with Crippen LogP contribution in [0.15, 0.2) is 6.20 Å². The monoisotopic (exact) mass is 307 g/mol. The molecule has 0 spiro atoms. The molecule has 1 rings (SSSR count). The van der Waals surface area contributed by atoms with Gasteiger partial charge in [-0.05, 0) is 0 Å². The van der Waals surface area contributed by atoms with Gasteiger partial charge in [0.15, 0.2) is 17.3 Å². The Morgan fingerprint density at radius 2 is 1.75 bits per heavy atom. The first kappa shape index (κ1) is 16.0. The van der Waals surface area contributed by atoms with Crippen molar-refractivity contribution in [2.24, 2.45) is 0 Å². The van der Waals surface area contributed by atoms with Crippen molar-refractivity contribution < 1.29 is 45.0 Å². The summed E-state index contributed by atoms with van der Waals surface area (Å²) in [5, 5.41) is 0. The zero-order valence-electron chi connectivity index (χ0n) is 9.40. The van der Waals surface area contributed by atoms with Crippen LogP contribution in [0.5, 0.6) is 5.75 Å². The van der Waals surface area contributed by atoms with Gasteiger partial charge in [-0.15, -0.1) is 13.2 Å². The number of methoxy groups -OCH3 is 1. The summed E-state index contributed by atoms with van der Waals surface area (Å²) in [6, 6.07) is 0. The molecule has 0 atom stereocenters. The van der Waals surface area contributed by atoms with E-state index in [-0.39, 0.29) is 6.20 Å². The molecule has 1 aromatic rings. The van der Waals surface area contributed by atoms with Gasteiger partial charge in [-0.25, -0.2) is 14.2 Å². The van der Waals surface area contributed by atoms with Gasteiger partial charge >= 0.3 is 18.5 Å².